The molecular formula is C13H13NO3. The van der Waals surface area contributed by atoms with E-state index in [9.17, 15) is 4.79 Å². The van der Waals surface area contributed by atoms with Gasteiger partial charge < -0.3 is 14.4 Å². The molecule has 0 aliphatic carbocycles. The van der Waals surface area contributed by atoms with Crippen molar-refractivity contribution in [2.75, 3.05) is 7.11 Å². The minimum atomic E-state index is -0.949. The van der Waals surface area contributed by atoms with Gasteiger partial charge in [0.05, 0.1) is 12.6 Å². The highest BCUT2D eigenvalue weighted by atomic mass is 16.5. The number of aromatic nitrogens is 1. The molecule has 17 heavy (non-hydrogen) atoms. The van der Waals surface area contributed by atoms with E-state index in [1.54, 1.807) is 13.2 Å². The number of fused-ring (bicyclic) bond motifs is 1. The Morgan fingerprint density at radius 3 is 2.88 bits per heavy atom. The van der Waals surface area contributed by atoms with Crippen LogP contribution in [-0.4, -0.2) is 22.8 Å². The largest absolute Gasteiger partial charge is 0.497 e. The number of carboxylic acids is 1. The van der Waals surface area contributed by atoms with Crippen LogP contribution in [0.3, 0.4) is 0 Å². The molecule has 0 saturated carbocycles. The lowest BCUT2D eigenvalue weighted by Crippen LogP contribution is -1.86. The zero-order valence-electron chi connectivity index (χ0n) is 9.68. The maximum absolute atomic E-state index is 10.5. The molecule has 1 aromatic carbocycles. The Balaban J connectivity index is 2.56. The molecule has 0 unspecified atom stereocenters. The van der Waals surface area contributed by atoms with Crippen molar-refractivity contribution in [2.24, 2.45) is 7.05 Å². The molecule has 4 heteroatoms. The SMILES string of the molecule is COc1ccc2c(/C=C/C(=O)O)cn(C)c2c1. The van der Waals surface area contributed by atoms with Gasteiger partial charge in [0.25, 0.3) is 0 Å². The van der Waals surface area contributed by atoms with Crippen molar-refractivity contribution < 1.29 is 14.6 Å². The van der Waals surface area contributed by atoms with Crippen molar-refractivity contribution >= 4 is 22.9 Å². The number of hydrogen-bond donors (Lipinski definition) is 1. The Bertz CT molecular complexity index is 596. The third kappa shape index (κ3) is 2.15. The van der Waals surface area contributed by atoms with Crippen molar-refractivity contribution in [3.63, 3.8) is 0 Å². The lowest BCUT2D eigenvalue weighted by Gasteiger charge is -2.00. The van der Waals surface area contributed by atoms with Crippen LogP contribution in [0.4, 0.5) is 0 Å². The highest BCUT2D eigenvalue weighted by molar-refractivity contribution is 5.94. The smallest absolute Gasteiger partial charge is 0.328 e. The van der Waals surface area contributed by atoms with Crippen molar-refractivity contribution in [3.8, 4) is 5.75 Å². The van der Waals surface area contributed by atoms with E-state index in [1.807, 2.05) is 36.0 Å². The molecule has 0 atom stereocenters. The topological polar surface area (TPSA) is 51.5 Å². The van der Waals surface area contributed by atoms with E-state index in [1.165, 1.54) is 0 Å². The first-order valence-electron chi connectivity index (χ1n) is 5.16. The maximum atomic E-state index is 10.5. The molecule has 4 nitrogen and oxygen atoms in total. The molecule has 0 bridgehead atoms. The second kappa shape index (κ2) is 4.33. The minimum absolute atomic E-state index is 0.785. The average molecular weight is 231 g/mol. The Morgan fingerprint density at radius 1 is 1.47 bits per heavy atom. The van der Waals surface area contributed by atoms with Crippen LogP contribution in [0.25, 0.3) is 17.0 Å². The molecule has 88 valence electrons. The summed E-state index contributed by atoms with van der Waals surface area (Å²) in [4.78, 5) is 10.5. The van der Waals surface area contributed by atoms with Gasteiger partial charge in [0.2, 0.25) is 0 Å². The summed E-state index contributed by atoms with van der Waals surface area (Å²) in [5, 5.41) is 9.63. The zero-order chi connectivity index (χ0) is 12.4. The number of aliphatic carboxylic acids is 1. The molecule has 0 saturated heterocycles. The lowest BCUT2D eigenvalue weighted by molar-refractivity contribution is -0.131. The first kappa shape index (κ1) is 11.3. The second-order valence-electron chi connectivity index (χ2n) is 3.75. The molecule has 2 rings (SSSR count). The highest BCUT2D eigenvalue weighted by Gasteiger charge is 2.05. The Kier molecular flexibility index (Phi) is 2.87. The summed E-state index contributed by atoms with van der Waals surface area (Å²) in [6.07, 6.45) is 4.62. The van der Waals surface area contributed by atoms with Crippen molar-refractivity contribution in [1.82, 2.24) is 4.57 Å². The van der Waals surface area contributed by atoms with E-state index >= 15 is 0 Å². The predicted molar refractivity (Wildman–Crippen MR) is 66.1 cm³/mol. The van der Waals surface area contributed by atoms with Crippen LogP contribution in [0.15, 0.2) is 30.5 Å². The monoisotopic (exact) mass is 231 g/mol. The fraction of sp³-hybridized carbons (Fsp3) is 0.154. The van der Waals surface area contributed by atoms with Gasteiger partial charge in [-0.2, -0.15) is 0 Å². The lowest BCUT2D eigenvalue weighted by atomic mass is 10.1. The Hall–Kier alpha value is -2.23. The van der Waals surface area contributed by atoms with Gasteiger partial charge >= 0.3 is 5.97 Å². The number of carboxylic acid groups (broad SMARTS) is 1. The van der Waals surface area contributed by atoms with Crippen molar-refractivity contribution in [2.45, 2.75) is 0 Å². The number of hydrogen-bond acceptors (Lipinski definition) is 2. The number of rotatable bonds is 3. The van der Waals surface area contributed by atoms with Crippen LogP contribution >= 0.6 is 0 Å². The third-order valence-corrected chi connectivity index (χ3v) is 2.63. The summed E-state index contributed by atoms with van der Waals surface area (Å²) in [5.74, 6) is -0.164. The number of nitrogens with zero attached hydrogens (tertiary/aromatic N) is 1. The van der Waals surface area contributed by atoms with Crippen molar-refractivity contribution in [1.29, 1.82) is 0 Å². The van der Waals surface area contributed by atoms with Crippen LogP contribution in [0, 0.1) is 0 Å². The summed E-state index contributed by atoms with van der Waals surface area (Å²) < 4.78 is 7.10. The average Bonchev–Trinajstić information content (AvgIpc) is 2.63. The number of ether oxygens (including phenoxy) is 1. The van der Waals surface area contributed by atoms with E-state index < -0.39 is 5.97 Å². The van der Waals surface area contributed by atoms with Gasteiger partial charge in [-0.1, -0.05) is 0 Å². The molecule has 0 amide bonds. The van der Waals surface area contributed by atoms with E-state index in [-0.39, 0.29) is 0 Å². The molecule has 2 aromatic rings. The second-order valence-corrected chi connectivity index (χ2v) is 3.75. The summed E-state index contributed by atoms with van der Waals surface area (Å²) >= 11 is 0. The molecule has 1 aromatic heterocycles. The maximum Gasteiger partial charge on any atom is 0.328 e. The van der Waals surface area contributed by atoms with Crippen molar-refractivity contribution in [3.05, 3.63) is 36.0 Å². The van der Waals surface area contributed by atoms with E-state index in [0.29, 0.717) is 0 Å². The van der Waals surface area contributed by atoms with Gasteiger partial charge in [-0.05, 0) is 18.2 Å². The van der Waals surface area contributed by atoms with E-state index in [0.717, 1.165) is 28.3 Å². The van der Waals surface area contributed by atoms with E-state index in [2.05, 4.69) is 0 Å². The van der Waals surface area contributed by atoms with Gasteiger partial charge in [0.1, 0.15) is 5.75 Å². The van der Waals surface area contributed by atoms with E-state index in [4.69, 9.17) is 9.84 Å². The fourth-order valence-electron chi connectivity index (χ4n) is 1.82. The van der Waals surface area contributed by atoms with Gasteiger partial charge in [0, 0.05) is 36.3 Å². The summed E-state index contributed by atoms with van der Waals surface area (Å²) in [6, 6.07) is 5.71. The zero-order valence-corrected chi connectivity index (χ0v) is 9.68. The number of benzene rings is 1. The molecule has 1 heterocycles. The predicted octanol–water partition coefficient (Wildman–Crippen LogP) is 2.28. The van der Waals surface area contributed by atoms with Crippen LogP contribution < -0.4 is 4.74 Å². The van der Waals surface area contributed by atoms with Crippen LogP contribution in [0.1, 0.15) is 5.56 Å². The van der Waals surface area contributed by atoms with Crippen LogP contribution in [0.2, 0.25) is 0 Å². The quantitative estimate of drug-likeness (QED) is 0.824. The standard InChI is InChI=1S/C13H13NO3/c1-14-8-9(3-6-13(15)16)11-5-4-10(17-2)7-12(11)14/h3-8H,1-2H3,(H,15,16)/b6-3+. The van der Waals surface area contributed by atoms with Crippen LogP contribution in [-0.2, 0) is 11.8 Å². The number of methoxy groups -OCH3 is 1. The number of carbonyl (C=O) groups is 1. The third-order valence-electron chi connectivity index (χ3n) is 2.63. The summed E-state index contributed by atoms with van der Waals surface area (Å²) in [5.41, 5.74) is 1.89. The Labute approximate surface area is 98.7 Å². The fourth-order valence-corrected chi connectivity index (χ4v) is 1.82. The molecule has 0 aliphatic heterocycles. The summed E-state index contributed by atoms with van der Waals surface area (Å²) in [6.45, 7) is 0. The van der Waals surface area contributed by atoms with Gasteiger partial charge in [-0.3, -0.25) is 0 Å². The number of aryl methyl sites for hydroxylation is 1. The van der Waals surface area contributed by atoms with Gasteiger partial charge in [-0.15, -0.1) is 0 Å². The first-order chi connectivity index (χ1) is 8.11. The van der Waals surface area contributed by atoms with Crippen LogP contribution in [0.5, 0.6) is 5.75 Å². The molecule has 0 fully saturated rings. The Morgan fingerprint density at radius 2 is 2.24 bits per heavy atom. The molecule has 1 N–H and O–H groups in total. The molecule has 0 aliphatic rings. The first-order valence-corrected chi connectivity index (χ1v) is 5.16. The summed E-state index contributed by atoms with van der Waals surface area (Å²) in [7, 11) is 3.54. The molecule has 0 radical (unpaired) electrons. The van der Waals surface area contributed by atoms with Gasteiger partial charge in [-0.25, -0.2) is 4.79 Å². The highest BCUT2D eigenvalue weighted by Crippen LogP contribution is 2.25. The van der Waals surface area contributed by atoms with Gasteiger partial charge in [0.15, 0.2) is 0 Å². The minimum Gasteiger partial charge on any atom is -0.497 e. The molecule has 0 spiro atoms. The molecular weight excluding hydrogens is 218 g/mol. The normalized spacial score (nSPS) is 11.2.